The summed E-state index contributed by atoms with van der Waals surface area (Å²) < 4.78 is 19.7. The molecule has 0 bridgehead atoms. The Kier molecular flexibility index (Phi) is 3.42. The number of hydrogen-bond acceptors (Lipinski definition) is 4. The Morgan fingerprint density at radius 1 is 1.09 bits per heavy atom. The smallest absolute Gasteiger partial charge is 0.364 e. The minimum Gasteiger partial charge on any atom is -0.419 e. The lowest BCUT2D eigenvalue weighted by atomic mass is 10.1. The largest absolute Gasteiger partial charge is 0.419 e. The van der Waals surface area contributed by atoms with Crippen LogP contribution in [0, 0.1) is 5.82 Å². The highest BCUT2D eigenvalue weighted by molar-refractivity contribution is 6.02. The van der Waals surface area contributed by atoms with Crippen LogP contribution in [0.2, 0.25) is 0 Å². The standard InChI is InChI=1S/C16H11FN2O3/c1-19-15(20)11-7-3-2-6-10(11)14(18-19)16(21)22-13-9-5-4-8-12(13)17/h2-9H,1H3. The van der Waals surface area contributed by atoms with Crippen molar-refractivity contribution in [3.8, 4) is 5.75 Å². The SMILES string of the molecule is Cn1nc(C(=O)Oc2ccccc2F)c2ccccc2c1=O. The van der Waals surface area contributed by atoms with Crippen molar-refractivity contribution in [3.05, 3.63) is 70.4 Å². The molecular weight excluding hydrogens is 287 g/mol. The zero-order valence-electron chi connectivity index (χ0n) is 11.6. The molecule has 0 aliphatic carbocycles. The number of fused-ring (bicyclic) bond motifs is 1. The summed E-state index contributed by atoms with van der Waals surface area (Å²) in [6, 6.07) is 12.1. The van der Waals surface area contributed by atoms with Crippen molar-refractivity contribution in [1.29, 1.82) is 0 Å². The second-order valence-corrected chi connectivity index (χ2v) is 4.64. The Morgan fingerprint density at radius 3 is 2.45 bits per heavy atom. The van der Waals surface area contributed by atoms with Crippen molar-refractivity contribution < 1.29 is 13.9 Å². The van der Waals surface area contributed by atoms with Gasteiger partial charge in [-0.2, -0.15) is 5.10 Å². The van der Waals surface area contributed by atoms with Gasteiger partial charge in [0.05, 0.1) is 5.39 Å². The van der Waals surface area contributed by atoms with E-state index in [0.717, 1.165) is 4.68 Å². The van der Waals surface area contributed by atoms with Gasteiger partial charge in [-0.25, -0.2) is 13.9 Å². The van der Waals surface area contributed by atoms with Crippen molar-refractivity contribution in [3.63, 3.8) is 0 Å². The molecular formula is C16H11FN2O3. The van der Waals surface area contributed by atoms with E-state index in [1.165, 1.54) is 25.2 Å². The first-order valence-corrected chi connectivity index (χ1v) is 6.50. The summed E-state index contributed by atoms with van der Waals surface area (Å²) in [5.74, 6) is -1.66. The highest BCUT2D eigenvalue weighted by atomic mass is 19.1. The van der Waals surface area contributed by atoms with Crippen molar-refractivity contribution in [2.24, 2.45) is 7.05 Å². The molecule has 3 aromatic rings. The fourth-order valence-electron chi connectivity index (χ4n) is 2.13. The molecule has 0 spiro atoms. The summed E-state index contributed by atoms with van der Waals surface area (Å²) in [5.41, 5.74) is -0.362. The molecule has 0 N–H and O–H groups in total. The first kappa shape index (κ1) is 13.9. The molecule has 0 amide bonds. The van der Waals surface area contributed by atoms with E-state index in [4.69, 9.17) is 4.74 Å². The minimum absolute atomic E-state index is 0.0408. The molecule has 22 heavy (non-hydrogen) atoms. The number of ether oxygens (including phenoxy) is 1. The lowest BCUT2D eigenvalue weighted by molar-refractivity contribution is 0.0721. The molecule has 0 fully saturated rings. The van der Waals surface area contributed by atoms with Gasteiger partial charge in [-0.15, -0.1) is 0 Å². The van der Waals surface area contributed by atoms with Crippen LogP contribution >= 0.6 is 0 Å². The molecule has 0 unspecified atom stereocenters. The Morgan fingerprint density at radius 2 is 1.73 bits per heavy atom. The first-order chi connectivity index (χ1) is 10.6. The quantitative estimate of drug-likeness (QED) is 0.538. The molecule has 0 aliphatic heterocycles. The van der Waals surface area contributed by atoms with Crippen LogP contribution < -0.4 is 10.3 Å². The number of para-hydroxylation sites is 1. The average molecular weight is 298 g/mol. The number of nitrogens with zero attached hydrogens (tertiary/aromatic N) is 2. The minimum atomic E-state index is -0.822. The second kappa shape index (κ2) is 5.40. The van der Waals surface area contributed by atoms with Gasteiger partial charge < -0.3 is 4.74 Å². The molecule has 0 aliphatic rings. The average Bonchev–Trinajstić information content (AvgIpc) is 2.53. The third-order valence-electron chi connectivity index (χ3n) is 3.19. The lowest BCUT2D eigenvalue weighted by Crippen LogP contribution is -2.24. The Balaban J connectivity index is 2.11. The predicted octanol–water partition coefficient (Wildman–Crippen LogP) is 2.29. The number of hydrogen-bond donors (Lipinski definition) is 0. The Bertz CT molecular complexity index is 934. The summed E-state index contributed by atoms with van der Waals surface area (Å²) in [6.07, 6.45) is 0. The highest BCUT2D eigenvalue weighted by Crippen LogP contribution is 2.19. The van der Waals surface area contributed by atoms with Crippen molar-refractivity contribution in [2.75, 3.05) is 0 Å². The van der Waals surface area contributed by atoms with Gasteiger partial charge >= 0.3 is 5.97 Å². The topological polar surface area (TPSA) is 61.2 Å². The molecule has 2 aromatic carbocycles. The zero-order chi connectivity index (χ0) is 15.7. The van der Waals surface area contributed by atoms with Gasteiger partial charge in [0.15, 0.2) is 17.3 Å². The molecule has 110 valence electrons. The van der Waals surface area contributed by atoms with E-state index in [-0.39, 0.29) is 17.0 Å². The number of aromatic nitrogens is 2. The molecule has 6 heteroatoms. The van der Waals surface area contributed by atoms with Crippen LogP contribution in [0.15, 0.2) is 53.3 Å². The predicted molar refractivity (Wildman–Crippen MR) is 78.3 cm³/mol. The lowest BCUT2D eigenvalue weighted by Gasteiger charge is -2.08. The van der Waals surface area contributed by atoms with Crippen molar-refractivity contribution >= 4 is 16.7 Å². The van der Waals surface area contributed by atoms with Gasteiger partial charge in [-0.3, -0.25) is 4.79 Å². The van der Waals surface area contributed by atoms with Gasteiger partial charge in [-0.05, 0) is 18.2 Å². The molecule has 1 aromatic heterocycles. The molecule has 1 heterocycles. The number of aryl methyl sites for hydroxylation is 1. The van der Waals surface area contributed by atoms with Gasteiger partial charge in [0.25, 0.3) is 5.56 Å². The highest BCUT2D eigenvalue weighted by Gasteiger charge is 2.18. The van der Waals surface area contributed by atoms with Crippen LogP contribution in [0.3, 0.4) is 0 Å². The maximum Gasteiger partial charge on any atom is 0.364 e. The van der Waals surface area contributed by atoms with Gasteiger partial charge in [0.2, 0.25) is 0 Å². The fourth-order valence-corrected chi connectivity index (χ4v) is 2.13. The molecule has 0 saturated carbocycles. The molecule has 0 saturated heterocycles. The van der Waals surface area contributed by atoms with E-state index in [1.54, 1.807) is 30.3 Å². The van der Waals surface area contributed by atoms with Crippen LogP contribution in [-0.2, 0) is 7.05 Å². The van der Waals surface area contributed by atoms with Gasteiger partial charge in [-0.1, -0.05) is 30.3 Å². The Labute approximate surface area is 124 Å². The normalized spacial score (nSPS) is 10.6. The number of benzene rings is 2. The van der Waals surface area contributed by atoms with Gasteiger partial charge in [0, 0.05) is 12.4 Å². The number of carbonyl (C=O) groups excluding carboxylic acids is 1. The maximum atomic E-state index is 13.6. The van der Waals surface area contributed by atoms with Crippen LogP contribution in [0.5, 0.6) is 5.75 Å². The molecule has 3 rings (SSSR count). The van der Waals surface area contributed by atoms with Crippen LogP contribution in [0.25, 0.3) is 10.8 Å². The third-order valence-corrected chi connectivity index (χ3v) is 3.19. The molecule has 0 atom stereocenters. The van der Waals surface area contributed by atoms with E-state index in [1.807, 2.05) is 0 Å². The number of carbonyl (C=O) groups is 1. The van der Waals surface area contributed by atoms with Gasteiger partial charge in [0.1, 0.15) is 0 Å². The number of halogens is 1. The number of esters is 1. The summed E-state index contributed by atoms with van der Waals surface area (Å²) in [6.45, 7) is 0. The summed E-state index contributed by atoms with van der Waals surface area (Å²) in [7, 11) is 1.44. The zero-order valence-corrected chi connectivity index (χ0v) is 11.6. The Hall–Kier alpha value is -3.02. The monoisotopic (exact) mass is 298 g/mol. The maximum absolute atomic E-state index is 13.6. The van der Waals surface area contributed by atoms with Crippen LogP contribution in [0.1, 0.15) is 10.5 Å². The second-order valence-electron chi connectivity index (χ2n) is 4.64. The first-order valence-electron chi connectivity index (χ1n) is 6.50. The van der Waals surface area contributed by atoms with E-state index >= 15 is 0 Å². The third kappa shape index (κ3) is 2.35. The van der Waals surface area contributed by atoms with Crippen LogP contribution in [0.4, 0.5) is 4.39 Å². The summed E-state index contributed by atoms with van der Waals surface area (Å²) >= 11 is 0. The number of rotatable bonds is 2. The fraction of sp³-hybridized carbons (Fsp3) is 0.0625. The summed E-state index contributed by atoms with van der Waals surface area (Å²) in [5, 5.41) is 4.65. The van der Waals surface area contributed by atoms with Crippen molar-refractivity contribution in [1.82, 2.24) is 9.78 Å². The van der Waals surface area contributed by atoms with E-state index in [2.05, 4.69) is 5.10 Å². The van der Waals surface area contributed by atoms with E-state index in [9.17, 15) is 14.0 Å². The van der Waals surface area contributed by atoms with E-state index < -0.39 is 11.8 Å². The molecule has 0 radical (unpaired) electrons. The van der Waals surface area contributed by atoms with Crippen LogP contribution in [-0.4, -0.2) is 15.7 Å². The van der Waals surface area contributed by atoms with Crippen molar-refractivity contribution in [2.45, 2.75) is 0 Å². The summed E-state index contributed by atoms with van der Waals surface area (Å²) in [4.78, 5) is 24.3. The molecule has 5 nitrogen and oxygen atoms in total. The van der Waals surface area contributed by atoms with E-state index in [0.29, 0.717) is 10.8 Å².